The molecule has 7 heteroatoms. The van der Waals surface area contributed by atoms with Crippen LogP contribution in [0.5, 0.6) is 17.2 Å². The first-order valence-corrected chi connectivity index (χ1v) is 12.4. The molecule has 0 bridgehead atoms. The maximum absolute atomic E-state index is 13.2. The number of phenols is 1. The standard InChI is InChI=1S/C24H21NO3.C7H6O3/c1-3-25(4-2)19-13-9-12-18-22(19)23(26)28-24(18)16-10-5-7-14-20(16)27-21-15-8-6-11-17(21)24;8-6-4-2-1-3-5(6)7(9)10/h5-15H,3-4H2,1-2H3;1-4,8H,(H,9,10). The quantitative estimate of drug-likeness (QED) is 0.317. The van der Waals surface area contributed by atoms with E-state index in [1.807, 2.05) is 66.7 Å². The Labute approximate surface area is 220 Å². The molecule has 7 nitrogen and oxygen atoms in total. The molecule has 1 spiro atoms. The Morgan fingerprint density at radius 1 is 0.789 bits per heavy atom. The minimum absolute atomic E-state index is 0.0671. The molecular formula is C31H27NO6. The van der Waals surface area contributed by atoms with E-state index >= 15 is 0 Å². The normalized spacial score (nSPS) is 13.7. The number of esters is 1. The van der Waals surface area contributed by atoms with Crippen LogP contribution in [0.2, 0.25) is 0 Å². The van der Waals surface area contributed by atoms with Crippen LogP contribution in [0.4, 0.5) is 5.69 Å². The van der Waals surface area contributed by atoms with Crippen molar-refractivity contribution in [1.29, 1.82) is 0 Å². The molecule has 2 N–H and O–H groups in total. The fraction of sp³-hybridized carbons (Fsp3) is 0.161. The summed E-state index contributed by atoms with van der Waals surface area (Å²) in [5.74, 6) is -0.165. The number of hydrogen-bond donors (Lipinski definition) is 2. The Morgan fingerprint density at radius 3 is 1.89 bits per heavy atom. The molecule has 2 aliphatic heterocycles. The summed E-state index contributed by atoms with van der Waals surface area (Å²) < 4.78 is 12.4. The van der Waals surface area contributed by atoms with E-state index in [2.05, 4.69) is 18.7 Å². The van der Waals surface area contributed by atoms with E-state index in [4.69, 9.17) is 19.7 Å². The smallest absolute Gasteiger partial charge is 0.342 e. The Kier molecular flexibility index (Phi) is 6.51. The second kappa shape index (κ2) is 9.94. The van der Waals surface area contributed by atoms with Crippen LogP contribution in [-0.4, -0.2) is 35.2 Å². The maximum Gasteiger partial charge on any atom is 0.342 e. The van der Waals surface area contributed by atoms with E-state index in [1.54, 1.807) is 12.1 Å². The van der Waals surface area contributed by atoms with Crippen LogP contribution in [0.25, 0.3) is 0 Å². The third-order valence-electron chi connectivity index (χ3n) is 6.86. The third-order valence-corrected chi connectivity index (χ3v) is 6.86. The van der Waals surface area contributed by atoms with Crippen LogP contribution >= 0.6 is 0 Å². The lowest BCUT2D eigenvalue weighted by Gasteiger charge is -2.36. The zero-order valence-corrected chi connectivity index (χ0v) is 21.0. The number of aromatic hydroxyl groups is 1. The maximum atomic E-state index is 13.2. The summed E-state index contributed by atoms with van der Waals surface area (Å²) in [7, 11) is 0. The fourth-order valence-corrected chi connectivity index (χ4v) is 5.13. The van der Waals surface area contributed by atoms with Gasteiger partial charge in [0.25, 0.3) is 0 Å². The molecule has 0 fully saturated rings. The predicted octanol–water partition coefficient (Wildman–Crippen LogP) is 6.19. The SMILES string of the molecule is CCN(CC)c1cccc2c1C(=O)OC21c2ccccc2Oc2ccccc21.O=C(O)c1ccccc1O. The van der Waals surface area contributed by atoms with Crippen molar-refractivity contribution >= 4 is 17.6 Å². The number of hydrogen-bond acceptors (Lipinski definition) is 6. The monoisotopic (exact) mass is 509 g/mol. The molecule has 6 rings (SSSR count). The van der Waals surface area contributed by atoms with E-state index in [1.165, 1.54) is 12.1 Å². The van der Waals surface area contributed by atoms with Gasteiger partial charge in [0.05, 0.1) is 11.3 Å². The molecule has 2 aliphatic rings. The lowest BCUT2D eigenvalue weighted by Crippen LogP contribution is -2.32. The number of carboxylic acids is 1. The van der Waals surface area contributed by atoms with Gasteiger partial charge in [-0.3, -0.25) is 0 Å². The van der Waals surface area contributed by atoms with Gasteiger partial charge in [0.2, 0.25) is 0 Å². The topological polar surface area (TPSA) is 96.3 Å². The van der Waals surface area contributed by atoms with Gasteiger partial charge in [-0.1, -0.05) is 60.7 Å². The molecular weight excluding hydrogens is 482 g/mol. The number of para-hydroxylation sites is 3. The highest BCUT2D eigenvalue weighted by Crippen LogP contribution is 2.56. The predicted molar refractivity (Wildman–Crippen MR) is 143 cm³/mol. The summed E-state index contributed by atoms with van der Waals surface area (Å²) in [6, 6.07) is 27.4. The summed E-state index contributed by atoms with van der Waals surface area (Å²) in [6.07, 6.45) is 0. The van der Waals surface area contributed by atoms with Gasteiger partial charge in [-0.25, -0.2) is 9.59 Å². The number of fused-ring (bicyclic) bond motifs is 6. The number of benzene rings is 4. The molecule has 4 aromatic carbocycles. The zero-order chi connectivity index (χ0) is 26.9. The van der Waals surface area contributed by atoms with Crippen molar-refractivity contribution in [3.05, 3.63) is 119 Å². The van der Waals surface area contributed by atoms with Crippen LogP contribution in [0.15, 0.2) is 91.0 Å². The van der Waals surface area contributed by atoms with Crippen LogP contribution in [-0.2, 0) is 10.3 Å². The van der Waals surface area contributed by atoms with Gasteiger partial charge < -0.3 is 24.6 Å². The number of carbonyl (C=O) groups excluding carboxylic acids is 1. The molecule has 0 unspecified atom stereocenters. The van der Waals surface area contributed by atoms with Gasteiger partial charge in [-0.05, 0) is 44.2 Å². The minimum Gasteiger partial charge on any atom is -0.507 e. The molecule has 0 aromatic heterocycles. The molecule has 0 radical (unpaired) electrons. The van der Waals surface area contributed by atoms with Crippen LogP contribution in [0.1, 0.15) is 51.3 Å². The second-order valence-corrected chi connectivity index (χ2v) is 8.86. The highest BCUT2D eigenvalue weighted by Gasteiger charge is 2.54. The van der Waals surface area contributed by atoms with Crippen molar-refractivity contribution in [3.63, 3.8) is 0 Å². The number of rotatable bonds is 4. The Hall–Kier alpha value is -4.78. The molecule has 0 saturated heterocycles. The van der Waals surface area contributed by atoms with Crippen molar-refractivity contribution in [1.82, 2.24) is 0 Å². The molecule has 2 heterocycles. The minimum atomic E-state index is -1.11. The van der Waals surface area contributed by atoms with E-state index < -0.39 is 11.6 Å². The van der Waals surface area contributed by atoms with Crippen LogP contribution in [0.3, 0.4) is 0 Å². The first-order valence-electron chi connectivity index (χ1n) is 12.4. The van der Waals surface area contributed by atoms with Crippen molar-refractivity contribution in [2.75, 3.05) is 18.0 Å². The van der Waals surface area contributed by atoms with E-state index in [0.717, 1.165) is 47.0 Å². The van der Waals surface area contributed by atoms with Crippen LogP contribution < -0.4 is 9.64 Å². The molecule has 38 heavy (non-hydrogen) atoms. The number of carbonyl (C=O) groups is 2. The van der Waals surface area contributed by atoms with Crippen molar-refractivity contribution in [2.24, 2.45) is 0 Å². The van der Waals surface area contributed by atoms with Gasteiger partial charge in [0.15, 0.2) is 5.60 Å². The summed E-state index contributed by atoms with van der Waals surface area (Å²) in [4.78, 5) is 25.7. The average Bonchev–Trinajstić information content (AvgIpc) is 3.23. The van der Waals surface area contributed by atoms with Gasteiger partial charge in [0, 0.05) is 29.8 Å². The highest BCUT2D eigenvalue weighted by molar-refractivity contribution is 6.02. The number of carboxylic acid groups (broad SMARTS) is 1. The number of aromatic carboxylic acids is 1. The summed E-state index contributed by atoms with van der Waals surface area (Å²) in [5.41, 5.74) is 3.12. The van der Waals surface area contributed by atoms with Gasteiger partial charge in [0.1, 0.15) is 22.8 Å². The Bertz CT molecular complexity index is 1480. The number of anilines is 1. The summed E-state index contributed by atoms with van der Waals surface area (Å²) in [5, 5.41) is 17.3. The lowest BCUT2D eigenvalue weighted by atomic mass is 9.77. The van der Waals surface area contributed by atoms with Crippen molar-refractivity contribution in [3.8, 4) is 17.2 Å². The van der Waals surface area contributed by atoms with Gasteiger partial charge >= 0.3 is 11.9 Å². The third kappa shape index (κ3) is 3.93. The van der Waals surface area contributed by atoms with Crippen molar-refractivity contribution < 1.29 is 29.3 Å². The second-order valence-electron chi connectivity index (χ2n) is 8.86. The summed E-state index contributed by atoms with van der Waals surface area (Å²) in [6.45, 7) is 5.84. The van der Waals surface area contributed by atoms with Crippen LogP contribution in [0, 0.1) is 0 Å². The van der Waals surface area contributed by atoms with Crippen molar-refractivity contribution in [2.45, 2.75) is 19.4 Å². The van der Waals surface area contributed by atoms with Gasteiger partial charge in [-0.2, -0.15) is 0 Å². The molecule has 0 atom stereocenters. The Morgan fingerprint density at radius 2 is 1.34 bits per heavy atom. The lowest BCUT2D eigenvalue weighted by molar-refractivity contribution is 0.0224. The fourth-order valence-electron chi connectivity index (χ4n) is 5.13. The van der Waals surface area contributed by atoms with E-state index in [-0.39, 0.29) is 17.3 Å². The molecule has 0 aliphatic carbocycles. The zero-order valence-electron chi connectivity index (χ0n) is 21.0. The number of nitrogens with zero attached hydrogens (tertiary/aromatic N) is 1. The van der Waals surface area contributed by atoms with E-state index in [0.29, 0.717) is 5.56 Å². The average molecular weight is 510 g/mol. The largest absolute Gasteiger partial charge is 0.507 e. The molecule has 192 valence electrons. The molecule has 0 amide bonds. The molecule has 4 aromatic rings. The number of ether oxygens (including phenoxy) is 2. The Balaban J connectivity index is 0.000000249. The summed E-state index contributed by atoms with van der Waals surface area (Å²) >= 11 is 0. The molecule has 0 saturated carbocycles. The van der Waals surface area contributed by atoms with E-state index in [9.17, 15) is 9.59 Å². The van der Waals surface area contributed by atoms with Gasteiger partial charge in [-0.15, -0.1) is 0 Å². The first kappa shape index (κ1) is 24.9. The highest BCUT2D eigenvalue weighted by atomic mass is 16.6. The first-order chi connectivity index (χ1) is 18.4.